The molecule has 0 radical (unpaired) electrons. The fourth-order valence-electron chi connectivity index (χ4n) is 2.55. The normalized spacial score (nSPS) is 12.7. The number of rotatable bonds is 8. The zero-order valence-corrected chi connectivity index (χ0v) is 13.5. The summed E-state index contributed by atoms with van der Waals surface area (Å²) in [7, 11) is 4.22. The van der Waals surface area contributed by atoms with E-state index in [0.29, 0.717) is 6.04 Å². The maximum Gasteiger partial charge on any atom is 0.131 e. The van der Waals surface area contributed by atoms with Crippen LogP contribution in [0.5, 0.6) is 0 Å². The second kappa shape index (κ2) is 7.53. The summed E-state index contributed by atoms with van der Waals surface area (Å²) in [5.74, 6) is 1.25. The molecule has 0 fully saturated rings. The third-order valence-electron chi connectivity index (χ3n) is 3.74. The molecule has 110 valence electrons. The van der Waals surface area contributed by atoms with Crippen molar-refractivity contribution in [1.82, 2.24) is 15.1 Å². The van der Waals surface area contributed by atoms with E-state index in [9.17, 15) is 0 Å². The molecule has 0 spiro atoms. The standard InChI is InChI=1S/C15H30N4/c1-7-9-12(3)18(5)15-14(11-16-10-8-2)13(4)17-19(15)6/h12,16H,7-11H2,1-6H3. The molecule has 1 rings (SSSR count). The van der Waals surface area contributed by atoms with E-state index in [1.165, 1.54) is 24.2 Å². The summed E-state index contributed by atoms with van der Waals surface area (Å²) >= 11 is 0. The quantitative estimate of drug-likeness (QED) is 0.735. The van der Waals surface area contributed by atoms with Gasteiger partial charge in [-0.1, -0.05) is 20.3 Å². The van der Waals surface area contributed by atoms with Crippen molar-refractivity contribution in [3.05, 3.63) is 11.3 Å². The Morgan fingerprint density at radius 1 is 1.32 bits per heavy atom. The molecule has 19 heavy (non-hydrogen) atoms. The molecule has 0 saturated heterocycles. The van der Waals surface area contributed by atoms with Gasteiger partial charge in [0.25, 0.3) is 0 Å². The lowest BCUT2D eigenvalue weighted by atomic mass is 10.1. The zero-order chi connectivity index (χ0) is 14.4. The van der Waals surface area contributed by atoms with Crippen molar-refractivity contribution < 1.29 is 0 Å². The van der Waals surface area contributed by atoms with Crippen molar-refractivity contribution >= 4 is 5.82 Å². The highest BCUT2D eigenvalue weighted by Crippen LogP contribution is 2.24. The fourth-order valence-corrected chi connectivity index (χ4v) is 2.55. The highest BCUT2D eigenvalue weighted by molar-refractivity contribution is 5.50. The first kappa shape index (κ1) is 16.0. The Morgan fingerprint density at radius 3 is 2.58 bits per heavy atom. The summed E-state index contributed by atoms with van der Waals surface area (Å²) in [5, 5.41) is 8.08. The third kappa shape index (κ3) is 3.96. The first-order chi connectivity index (χ1) is 9.02. The summed E-state index contributed by atoms with van der Waals surface area (Å²) in [6, 6.07) is 0.546. The number of nitrogens with zero attached hydrogens (tertiary/aromatic N) is 3. The van der Waals surface area contributed by atoms with E-state index in [0.717, 1.165) is 25.2 Å². The van der Waals surface area contributed by atoms with Gasteiger partial charge in [-0.2, -0.15) is 5.10 Å². The molecule has 0 aliphatic carbocycles. The molecule has 0 aromatic carbocycles. The maximum absolute atomic E-state index is 4.59. The van der Waals surface area contributed by atoms with Gasteiger partial charge in [-0.3, -0.25) is 4.68 Å². The molecule has 0 aliphatic rings. The van der Waals surface area contributed by atoms with E-state index in [2.05, 4.69) is 50.1 Å². The Labute approximate surface area is 118 Å². The molecular formula is C15H30N4. The van der Waals surface area contributed by atoms with Crippen molar-refractivity contribution in [3.8, 4) is 0 Å². The van der Waals surface area contributed by atoms with Crippen molar-refractivity contribution in [2.45, 2.75) is 59.5 Å². The van der Waals surface area contributed by atoms with Crippen molar-refractivity contribution in [2.75, 3.05) is 18.5 Å². The number of aryl methyl sites for hydroxylation is 2. The van der Waals surface area contributed by atoms with Crippen LogP contribution in [0.3, 0.4) is 0 Å². The molecular weight excluding hydrogens is 236 g/mol. The molecule has 0 amide bonds. The van der Waals surface area contributed by atoms with Gasteiger partial charge >= 0.3 is 0 Å². The Hall–Kier alpha value is -1.03. The van der Waals surface area contributed by atoms with E-state index in [4.69, 9.17) is 0 Å². The lowest BCUT2D eigenvalue weighted by molar-refractivity contribution is 0.590. The summed E-state index contributed by atoms with van der Waals surface area (Å²) in [6.07, 6.45) is 3.59. The molecule has 0 bridgehead atoms. The summed E-state index contributed by atoms with van der Waals surface area (Å²) in [4.78, 5) is 2.37. The smallest absolute Gasteiger partial charge is 0.131 e. The van der Waals surface area contributed by atoms with Crippen molar-refractivity contribution in [1.29, 1.82) is 0 Å². The Bertz CT molecular complexity index is 384. The molecule has 1 atom stereocenters. The van der Waals surface area contributed by atoms with Gasteiger partial charge in [0.15, 0.2) is 0 Å². The van der Waals surface area contributed by atoms with Gasteiger partial charge in [-0.15, -0.1) is 0 Å². The van der Waals surface area contributed by atoms with E-state index < -0.39 is 0 Å². The first-order valence-electron chi connectivity index (χ1n) is 7.48. The van der Waals surface area contributed by atoms with Gasteiger partial charge in [0.1, 0.15) is 5.82 Å². The molecule has 4 heteroatoms. The molecule has 1 aromatic heterocycles. The number of aromatic nitrogens is 2. The predicted molar refractivity (Wildman–Crippen MR) is 82.7 cm³/mol. The SMILES string of the molecule is CCCNCc1c(C)nn(C)c1N(C)C(C)CCC. The largest absolute Gasteiger partial charge is 0.357 e. The third-order valence-corrected chi connectivity index (χ3v) is 3.74. The van der Waals surface area contributed by atoms with Crippen LogP contribution in [0.1, 0.15) is 51.3 Å². The lowest BCUT2D eigenvalue weighted by Crippen LogP contribution is -2.31. The Morgan fingerprint density at radius 2 is 2.00 bits per heavy atom. The van der Waals surface area contributed by atoms with Gasteiger partial charge in [0.05, 0.1) is 5.69 Å². The number of anilines is 1. The number of nitrogens with one attached hydrogen (secondary N) is 1. The van der Waals surface area contributed by atoms with Crippen LogP contribution in [0.15, 0.2) is 0 Å². The number of hydrogen-bond acceptors (Lipinski definition) is 3. The topological polar surface area (TPSA) is 33.1 Å². The summed E-state index contributed by atoms with van der Waals surface area (Å²) in [5.41, 5.74) is 2.47. The number of hydrogen-bond donors (Lipinski definition) is 1. The average Bonchev–Trinajstić information content (AvgIpc) is 2.64. The van der Waals surface area contributed by atoms with Gasteiger partial charge in [-0.25, -0.2) is 0 Å². The van der Waals surface area contributed by atoms with E-state index in [-0.39, 0.29) is 0 Å². The minimum Gasteiger partial charge on any atom is -0.357 e. The van der Waals surface area contributed by atoms with Gasteiger partial charge in [0.2, 0.25) is 0 Å². The Kier molecular flexibility index (Phi) is 6.35. The van der Waals surface area contributed by atoms with E-state index >= 15 is 0 Å². The molecule has 0 aliphatic heterocycles. The van der Waals surface area contributed by atoms with E-state index in [1.54, 1.807) is 0 Å². The molecule has 4 nitrogen and oxygen atoms in total. The van der Waals surface area contributed by atoms with Gasteiger partial charge in [-0.05, 0) is 33.2 Å². The minimum atomic E-state index is 0.546. The van der Waals surface area contributed by atoms with Crippen LogP contribution in [0.2, 0.25) is 0 Å². The highest BCUT2D eigenvalue weighted by Gasteiger charge is 2.19. The van der Waals surface area contributed by atoms with Crippen molar-refractivity contribution in [2.24, 2.45) is 7.05 Å². The fraction of sp³-hybridized carbons (Fsp3) is 0.800. The monoisotopic (exact) mass is 266 g/mol. The van der Waals surface area contributed by atoms with Gasteiger partial charge < -0.3 is 10.2 Å². The summed E-state index contributed by atoms with van der Waals surface area (Å²) < 4.78 is 2.02. The maximum atomic E-state index is 4.59. The van der Waals surface area contributed by atoms with Crippen LogP contribution in [0.4, 0.5) is 5.82 Å². The molecule has 1 unspecified atom stereocenters. The predicted octanol–water partition coefficient (Wildman–Crippen LogP) is 2.85. The van der Waals surface area contributed by atoms with Crippen LogP contribution >= 0.6 is 0 Å². The molecule has 0 saturated carbocycles. The Balaban J connectivity index is 2.91. The van der Waals surface area contributed by atoms with Crippen LogP contribution < -0.4 is 10.2 Å². The molecule has 1 heterocycles. The van der Waals surface area contributed by atoms with Crippen LogP contribution in [0.25, 0.3) is 0 Å². The lowest BCUT2D eigenvalue weighted by Gasteiger charge is -2.28. The van der Waals surface area contributed by atoms with Crippen LogP contribution in [-0.4, -0.2) is 29.4 Å². The zero-order valence-electron chi connectivity index (χ0n) is 13.5. The van der Waals surface area contributed by atoms with Crippen molar-refractivity contribution in [3.63, 3.8) is 0 Å². The molecule has 1 N–H and O–H groups in total. The van der Waals surface area contributed by atoms with Crippen LogP contribution in [0, 0.1) is 6.92 Å². The molecule has 1 aromatic rings. The second-order valence-corrected chi connectivity index (χ2v) is 5.44. The highest BCUT2D eigenvalue weighted by atomic mass is 15.4. The van der Waals surface area contributed by atoms with Crippen LogP contribution in [-0.2, 0) is 13.6 Å². The average molecular weight is 266 g/mol. The minimum absolute atomic E-state index is 0.546. The van der Waals surface area contributed by atoms with Gasteiger partial charge in [0, 0.05) is 32.2 Å². The summed E-state index contributed by atoms with van der Waals surface area (Å²) in [6.45, 7) is 10.8. The second-order valence-electron chi connectivity index (χ2n) is 5.44. The first-order valence-corrected chi connectivity index (χ1v) is 7.48. The van der Waals surface area contributed by atoms with E-state index in [1.807, 2.05) is 11.7 Å².